The summed E-state index contributed by atoms with van der Waals surface area (Å²) in [4.78, 5) is 32.7. The Balaban J connectivity index is 1.61. The van der Waals surface area contributed by atoms with Crippen LogP contribution in [0.4, 0.5) is 5.82 Å². The van der Waals surface area contributed by atoms with Crippen molar-refractivity contribution in [2.75, 3.05) is 18.5 Å². The van der Waals surface area contributed by atoms with E-state index in [9.17, 15) is 9.59 Å². The van der Waals surface area contributed by atoms with Crippen LogP contribution >= 0.6 is 0 Å². The topological polar surface area (TPSA) is 129 Å². The van der Waals surface area contributed by atoms with Gasteiger partial charge in [0.1, 0.15) is 19.0 Å². The third-order valence-electron chi connectivity index (χ3n) is 5.81. The first-order valence-corrected chi connectivity index (χ1v) is 12.1. The summed E-state index contributed by atoms with van der Waals surface area (Å²) in [5.74, 6) is 1.60. The van der Waals surface area contributed by atoms with Crippen LogP contribution in [0.15, 0.2) is 41.2 Å². The Labute approximate surface area is 209 Å². The lowest BCUT2D eigenvalue weighted by Crippen LogP contribution is -2.28. The molecule has 0 unspecified atom stereocenters. The molecule has 4 N–H and O–H groups in total. The first-order valence-electron chi connectivity index (χ1n) is 12.1. The molecule has 1 amide bonds. The van der Waals surface area contributed by atoms with Gasteiger partial charge < -0.3 is 30.5 Å². The molecule has 0 atom stereocenters. The summed E-state index contributed by atoms with van der Waals surface area (Å²) in [5, 5.41) is 14.1. The predicted molar refractivity (Wildman–Crippen MR) is 139 cm³/mol. The van der Waals surface area contributed by atoms with E-state index in [0.717, 1.165) is 17.7 Å². The second-order valence-corrected chi connectivity index (χ2v) is 8.88. The van der Waals surface area contributed by atoms with E-state index in [1.54, 1.807) is 6.07 Å². The number of fused-ring (bicyclic) bond motifs is 1. The van der Waals surface area contributed by atoms with Crippen molar-refractivity contribution < 1.29 is 14.3 Å². The number of pyridine rings is 2. The minimum Gasteiger partial charge on any atom is -0.486 e. The summed E-state index contributed by atoms with van der Waals surface area (Å²) in [6.07, 6.45) is 1.97. The van der Waals surface area contributed by atoms with Crippen LogP contribution in [0.2, 0.25) is 0 Å². The van der Waals surface area contributed by atoms with Crippen LogP contribution in [-0.4, -0.2) is 41.3 Å². The van der Waals surface area contributed by atoms with Crippen LogP contribution in [0.25, 0.3) is 11.3 Å². The van der Waals surface area contributed by atoms with Gasteiger partial charge >= 0.3 is 0 Å². The Morgan fingerprint density at radius 3 is 2.61 bits per heavy atom. The number of carbonyl (C=O) groups excluding carboxylic acids is 1. The Bertz CT molecular complexity index is 1330. The molecule has 0 bridgehead atoms. The van der Waals surface area contributed by atoms with Gasteiger partial charge in [-0.05, 0) is 56.2 Å². The van der Waals surface area contributed by atoms with Crippen molar-refractivity contribution in [3.05, 3.63) is 69.1 Å². The van der Waals surface area contributed by atoms with Crippen molar-refractivity contribution in [3.63, 3.8) is 0 Å². The lowest BCUT2D eigenvalue weighted by Gasteiger charge is -2.20. The van der Waals surface area contributed by atoms with Crippen LogP contribution < -0.4 is 25.7 Å². The number of rotatable bonds is 9. The van der Waals surface area contributed by atoms with Gasteiger partial charge in [0.15, 0.2) is 11.5 Å². The van der Waals surface area contributed by atoms with Gasteiger partial charge in [0, 0.05) is 41.2 Å². The molecule has 0 radical (unpaired) electrons. The van der Waals surface area contributed by atoms with E-state index in [4.69, 9.17) is 19.9 Å². The number of hydrogen-bond acceptors (Lipinski definition) is 7. The summed E-state index contributed by atoms with van der Waals surface area (Å²) in [7, 11) is 0. The van der Waals surface area contributed by atoms with E-state index in [1.165, 1.54) is 6.21 Å². The van der Waals surface area contributed by atoms with Crippen molar-refractivity contribution in [3.8, 4) is 22.8 Å². The summed E-state index contributed by atoms with van der Waals surface area (Å²) in [6, 6.07) is 11.1. The molecule has 0 fully saturated rings. The number of H-pyrrole nitrogens is 1. The predicted octanol–water partition coefficient (Wildman–Crippen LogP) is 3.45. The first kappa shape index (κ1) is 25.0. The maximum atomic E-state index is 12.9. The SMILES string of the molecule is CCc1ccc(CNC(=O)Cc2cc(-c3ccc4c(c3)OCCO4)nc(NC(C)C)c2C=N)c(=O)[nH]1. The fourth-order valence-corrected chi connectivity index (χ4v) is 3.97. The first-order chi connectivity index (χ1) is 17.4. The third kappa shape index (κ3) is 5.73. The van der Waals surface area contributed by atoms with Gasteiger partial charge in [0.2, 0.25) is 5.91 Å². The lowest BCUT2D eigenvalue weighted by atomic mass is 10.0. The number of nitrogens with zero attached hydrogens (tertiary/aromatic N) is 1. The van der Waals surface area contributed by atoms with Crippen molar-refractivity contribution in [1.29, 1.82) is 5.41 Å². The fraction of sp³-hybridized carbons (Fsp3) is 0.333. The van der Waals surface area contributed by atoms with Crippen LogP contribution in [0.5, 0.6) is 11.5 Å². The van der Waals surface area contributed by atoms with Gasteiger partial charge in [-0.25, -0.2) is 4.98 Å². The van der Waals surface area contributed by atoms with Gasteiger partial charge in [0.05, 0.1) is 12.1 Å². The van der Waals surface area contributed by atoms with Gasteiger partial charge in [-0.2, -0.15) is 0 Å². The number of aryl methyl sites for hydroxylation is 1. The van der Waals surface area contributed by atoms with Crippen LogP contribution in [0.3, 0.4) is 0 Å². The number of carbonyl (C=O) groups is 1. The van der Waals surface area contributed by atoms with E-state index in [2.05, 4.69) is 15.6 Å². The molecule has 2 aromatic heterocycles. The smallest absolute Gasteiger partial charge is 0.253 e. The monoisotopic (exact) mass is 489 g/mol. The Hall–Kier alpha value is -4.14. The number of nitrogens with one attached hydrogen (secondary N) is 4. The maximum Gasteiger partial charge on any atom is 0.253 e. The van der Waals surface area contributed by atoms with E-state index in [-0.39, 0.29) is 30.5 Å². The number of aromatic nitrogens is 2. The highest BCUT2D eigenvalue weighted by Gasteiger charge is 2.18. The van der Waals surface area contributed by atoms with Gasteiger partial charge in [-0.3, -0.25) is 9.59 Å². The van der Waals surface area contributed by atoms with Gasteiger partial charge in [-0.1, -0.05) is 13.0 Å². The van der Waals surface area contributed by atoms with Crippen molar-refractivity contribution in [2.45, 2.75) is 46.2 Å². The number of ether oxygens (including phenoxy) is 2. The van der Waals surface area contributed by atoms with Crippen LogP contribution in [0, 0.1) is 5.41 Å². The molecule has 1 aromatic carbocycles. The molecule has 188 valence electrons. The lowest BCUT2D eigenvalue weighted by molar-refractivity contribution is -0.120. The molecule has 36 heavy (non-hydrogen) atoms. The third-order valence-corrected chi connectivity index (χ3v) is 5.81. The van der Waals surface area contributed by atoms with Crippen LogP contribution in [-0.2, 0) is 24.2 Å². The minimum atomic E-state index is -0.258. The zero-order chi connectivity index (χ0) is 25.7. The van der Waals surface area contributed by atoms with Crippen molar-refractivity contribution in [1.82, 2.24) is 15.3 Å². The molecule has 0 saturated carbocycles. The highest BCUT2D eigenvalue weighted by Crippen LogP contribution is 2.35. The van der Waals surface area contributed by atoms with E-state index in [1.807, 2.05) is 51.1 Å². The second-order valence-electron chi connectivity index (χ2n) is 8.88. The van der Waals surface area contributed by atoms with Gasteiger partial charge in [0.25, 0.3) is 5.56 Å². The Morgan fingerprint density at radius 2 is 1.92 bits per heavy atom. The highest BCUT2D eigenvalue weighted by atomic mass is 16.6. The molecular formula is C27H31N5O4. The molecule has 3 aromatic rings. The molecule has 3 heterocycles. The molecule has 1 aliphatic heterocycles. The van der Waals surface area contributed by atoms with E-state index < -0.39 is 0 Å². The zero-order valence-electron chi connectivity index (χ0n) is 20.7. The van der Waals surface area contributed by atoms with Crippen molar-refractivity contribution >= 4 is 17.9 Å². The highest BCUT2D eigenvalue weighted by molar-refractivity contribution is 5.91. The normalized spacial score (nSPS) is 12.3. The van der Waals surface area contributed by atoms with E-state index >= 15 is 0 Å². The summed E-state index contributed by atoms with van der Waals surface area (Å²) in [5.41, 5.74) is 3.79. The number of amides is 1. The molecule has 1 aliphatic rings. The van der Waals surface area contributed by atoms with Crippen LogP contribution in [0.1, 0.15) is 43.2 Å². The molecule has 0 aliphatic carbocycles. The Morgan fingerprint density at radius 1 is 1.14 bits per heavy atom. The zero-order valence-corrected chi connectivity index (χ0v) is 20.7. The fourth-order valence-electron chi connectivity index (χ4n) is 3.97. The average molecular weight is 490 g/mol. The summed E-state index contributed by atoms with van der Waals surface area (Å²) < 4.78 is 11.3. The number of aromatic amines is 1. The number of hydrogen-bond donors (Lipinski definition) is 4. The Kier molecular flexibility index (Phi) is 7.68. The number of anilines is 1. The number of benzene rings is 1. The largest absolute Gasteiger partial charge is 0.486 e. The van der Waals surface area contributed by atoms with Crippen molar-refractivity contribution in [2.24, 2.45) is 0 Å². The second kappa shape index (κ2) is 11.1. The summed E-state index contributed by atoms with van der Waals surface area (Å²) in [6.45, 7) is 7.04. The summed E-state index contributed by atoms with van der Waals surface area (Å²) >= 11 is 0. The molecule has 0 saturated heterocycles. The maximum absolute atomic E-state index is 12.9. The molecule has 9 nitrogen and oxygen atoms in total. The molecular weight excluding hydrogens is 458 g/mol. The quantitative estimate of drug-likeness (QED) is 0.341. The van der Waals surface area contributed by atoms with Gasteiger partial charge in [-0.15, -0.1) is 0 Å². The average Bonchev–Trinajstić information content (AvgIpc) is 2.87. The standard InChI is InChI=1S/C27H31N5O4/c1-4-20-7-5-18(27(34)31-20)15-29-25(33)13-19-11-22(32-26(21(19)14-28)30-16(2)3)17-6-8-23-24(12-17)36-10-9-35-23/h5-8,11-12,14,16,28H,4,9-10,13,15H2,1-3H3,(H,29,33)(H,30,32)(H,31,34). The molecule has 9 heteroatoms. The molecule has 0 spiro atoms. The van der Waals surface area contributed by atoms with E-state index in [0.29, 0.717) is 52.9 Å². The molecule has 4 rings (SSSR count). The minimum absolute atomic E-state index is 0.0303.